The van der Waals surface area contributed by atoms with Gasteiger partial charge in [0.15, 0.2) is 0 Å². The smallest absolute Gasteiger partial charge is 0.241 e. The quantitative estimate of drug-likeness (QED) is 0.835. The number of hydrogen-bond acceptors (Lipinski definition) is 3. The average molecular weight is 343 g/mol. The van der Waals surface area contributed by atoms with Gasteiger partial charge in [-0.25, -0.2) is 0 Å². The molecule has 0 saturated carbocycles. The molecule has 0 heterocycles. The maximum Gasteiger partial charge on any atom is 0.241 e. The number of hydrogen-bond donors (Lipinski definition) is 2. The molecule has 1 rings (SSSR count). The Morgan fingerprint density at radius 1 is 1.50 bits per heavy atom. The van der Waals surface area contributed by atoms with E-state index < -0.39 is 5.60 Å². The Labute approximate surface area is 129 Å². The topological polar surface area (TPSA) is 52.6 Å². The first-order chi connectivity index (χ1) is 9.23. The molecule has 112 valence electrons. The summed E-state index contributed by atoms with van der Waals surface area (Å²) in [5.41, 5.74) is -0.0594. The number of rotatable bonds is 6. The summed E-state index contributed by atoms with van der Waals surface area (Å²) >= 11 is 3.38. The van der Waals surface area contributed by atoms with Gasteiger partial charge in [-0.05, 0) is 45.5 Å². The highest BCUT2D eigenvalue weighted by atomic mass is 79.9. The summed E-state index contributed by atoms with van der Waals surface area (Å²) in [6, 6.07) is 7.19. The predicted octanol–water partition coefficient (Wildman–Crippen LogP) is 2.87. The van der Waals surface area contributed by atoms with Gasteiger partial charge in [0.05, 0.1) is 11.6 Å². The molecule has 0 spiro atoms. The molecule has 0 aromatic heterocycles. The maximum absolute atomic E-state index is 12.3. The van der Waals surface area contributed by atoms with Crippen LogP contribution in [-0.2, 0) is 4.79 Å². The number of nitrogens with zero attached hydrogens (tertiary/aromatic N) is 1. The van der Waals surface area contributed by atoms with Crippen LogP contribution in [0.2, 0.25) is 0 Å². The standard InChI is InChI=1S/C15H23BrN2O2/c1-5-18(10-15(3,4)20)11(2)14(19)17-13-8-6-7-12(16)9-13/h6-9,11,20H,5,10H2,1-4H3,(H,17,19). The van der Waals surface area contributed by atoms with Crippen LogP contribution in [0.5, 0.6) is 0 Å². The number of anilines is 1. The molecule has 0 aliphatic heterocycles. The summed E-state index contributed by atoms with van der Waals surface area (Å²) in [6.07, 6.45) is 0. The van der Waals surface area contributed by atoms with Crippen molar-refractivity contribution in [1.29, 1.82) is 0 Å². The van der Waals surface area contributed by atoms with Crippen LogP contribution in [0.1, 0.15) is 27.7 Å². The van der Waals surface area contributed by atoms with Gasteiger partial charge in [-0.2, -0.15) is 0 Å². The summed E-state index contributed by atoms with van der Waals surface area (Å²) in [4.78, 5) is 14.2. The fourth-order valence-corrected chi connectivity index (χ4v) is 2.40. The molecule has 0 saturated heterocycles. The van der Waals surface area contributed by atoms with E-state index in [2.05, 4.69) is 21.2 Å². The molecule has 0 fully saturated rings. The van der Waals surface area contributed by atoms with Gasteiger partial charge in [0.1, 0.15) is 0 Å². The molecule has 1 atom stereocenters. The Bertz CT molecular complexity index is 457. The fourth-order valence-electron chi connectivity index (χ4n) is 2.00. The second kappa shape index (κ2) is 7.20. The Morgan fingerprint density at radius 2 is 2.15 bits per heavy atom. The molecule has 1 amide bonds. The van der Waals surface area contributed by atoms with Crippen LogP contribution >= 0.6 is 15.9 Å². The number of carbonyl (C=O) groups is 1. The average Bonchev–Trinajstić information content (AvgIpc) is 2.34. The van der Waals surface area contributed by atoms with Crippen molar-refractivity contribution in [2.45, 2.75) is 39.3 Å². The Kier molecular flexibility index (Phi) is 6.17. The third kappa shape index (κ3) is 5.61. The Morgan fingerprint density at radius 3 is 2.65 bits per heavy atom. The second-order valence-corrected chi connectivity index (χ2v) is 6.47. The summed E-state index contributed by atoms with van der Waals surface area (Å²) in [6.45, 7) is 8.48. The highest BCUT2D eigenvalue weighted by Crippen LogP contribution is 2.16. The van der Waals surface area contributed by atoms with Crippen molar-refractivity contribution in [2.75, 3.05) is 18.4 Å². The summed E-state index contributed by atoms with van der Waals surface area (Å²) < 4.78 is 0.923. The van der Waals surface area contributed by atoms with Gasteiger partial charge in [-0.15, -0.1) is 0 Å². The van der Waals surface area contributed by atoms with Crippen LogP contribution in [-0.4, -0.2) is 40.6 Å². The largest absolute Gasteiger partial charge is 0.389 e. The lowest BCUT2D eigenvalue weighted by molar-refractivity contribution is -0.121. The number of likely N-dealkylation sites (N-methyl/N-ethyl adjacent to an activating group) is 1. The van der Waals surface area contributed by atoms with Crippen LogP contribution < -0.4 is 5.32 Å². The lowest BCUT2D eigenvalue weighted by atomic mass is 10.1. The van der Waals surface area contributed by atoms with E-state index in [1.807, 2.05) is 43.0 Å². The van der Waals surface area contributed by atoms with E-state index in [1.165, 1.54) is 0 Å². The number of aliphatic hydroxyl groups is 1. The molecule has 1 unspecified atom stereocenters. The van der Waals surface area contributed by atoms with E-state index >= 15 is 0 Å². The van der Waals surface area contributed by atoms with Gasteiger partial charge < -0.3 is 10.4 Å². The molecule has 2 N–H and O–H groups in total. The molecular weight excluding hydrogens is 320 g/mol. The first kappa shape index (κ1) is 17.1. The zero-order valence-electron chi connectivity index (χ0n) is 12.5. The molecule has 5 heteroatoms. The highest BCUT2D eigenvalue weighted by Gasteiger charge is 2.25. The summed E-state index contributed by atoms with van der Waals surface area (Å²) in [7, 11) is 0. The fraction of sp³-hybridized carbons (Fsp3) is 0.533. The van der Waals surface area contributed by atoms with Gasteiger partial charge >= 0.3 is 0 Å². The highest BCUT2D eigenvalue weighted by molar-refractivity contribution is 9.10. The first-order valence-electron chi connectivity index (χ1n) is 6.76. The number of benzene rings is 1. The number of carbonyl (C=O) groups excluding carboxylic acids is 1. The van der Waals surface area contributed by atoms with Crippen molar-refractivity contribution in [3.63, 3.8) is 0 Å². The maximum atomic E-state index is 12.3. The molecular formula is C15H23BrN2O2. The zero-order chi connectivity index (χ0) is 15.3. The number of nitrogens with one attached hydrogen (secondary N) is 1. The molecule has 4 nitrogen and oxygen atoms in total. The van der Waals surface area contributed by atoms with Gasteiger partial charge in [-0.3, -0.25) is 9.69 Å². The van der Waals surface area contributed by atoms with Crippen molar-refractivity contribution in [2.24, 2.45) is 0 Å². The van der Waals surface area contributed by atoms with Crippen LogP contribution in [0, 0.1) is 0 Å². The van der Waals surface area contributed by atoms with Crippen molar-refractivity contribution >= 4 is 27.5 Å². The van der Waals surface area contributed by atoms with E-state index in [9.17, 15) is 9.90 Å². The molecule has 0 aliphatic rings. The molecule has 0 radical (unpaired) electrons. The van der Waals surface area contributed by atoms with Crippen LogP contribution in [0.25, 0.3) is 0 Å². The third-order valence-corrected chi connectivity index (χ3v) is 3.51. The summed E-state index contributed by atoms with van der Waals surface area (Å²) in [5, 5.41) is 12.8. The van der Waals surface area contributed by atoms with E-state index in [-0.39, 0.29) is 11.9 Å². The minimum atomic E-state index is -0.819. The number of halogens is 1. The Balaban J connectivity index is 2.70. The molecule has 0 aliphatic carbocycles. The van der Waals surface area contributed by atoms with Gasteiger partial charge in [-0.1, -0.05) is 28.9 Å². The van der Waals surface area contributed by atoms with Gasteiger partial charge in [0.25, 0.3) is 0 Å². The first-order valence-corrected chi connectivity index (χ1v) is 7.55. The predicted molar refractivity (Wildman–Crippen MR) is 85.8 cm³/mol. The van der Waals surface area contributed by atoms with E-state index in [0.29, 0.717) is 13.1 Å². The SMILES string of the molecule is CCN(CC(C)(C)O)C(C)C(=O)Nc1cccc(Br)c1. The van der Waals surface area contributed by atoms with E-state index in [0.717, 1.165) is 10.2 Å². The van der Waals surface area contributed by atoms with Crippen LogP contribution in [0.3, 0.4) is 0 Å². The molecule has 1 aromatic rings. The zero-order valence-corrected chi connectivity index (χ0v) is 14.1. The molecule has 0 bridgehead atoms. The number of amides is 1. The lowest BCUT2D eigenvalue weighted by Crippen LogP contribution is -2.48. The normalized spacial score (nSPS) is 13.3. The van der Waals surface area contributed by atoms with Crippen molar-refractivity contribution in [3.8, 4) is 0 Å². The summed E-state index contributed by atoms with van der Waals surface area (Å²) in [5.74, 6) is -0.0748. The van der Waals surface area contributed by atoms with Crippen molar-refractivity contribution in [1.82, 2.24) is 4.90 Å². The van der Waals surface area contributed by atoms with Gasteiger partial charge in [0.2, 0.25) is 5.91 Å². The molecule has 20 heavy (non-hydrogen) atoms. The van der Waals surface area contributed by atoms with Crippen molar-refractivity contribution in [3.05, 3.63) is 28.7 Å². The van der Waals surface area contributed by atoms with Crippen LogP contribution in [0.4, 0.5) is 5.69 Å². The monoisotopic (exact) mass is 342 g/mol. The van der Waals surface area contributed by atoms with Crippen molar-refractivity contribution < 1.29 is 9.90 Å². The second-order valence-electron chi connectivity index (χ2n) is 5.55. The minimum Gasteiger partial charge on any atom is -0.389 e. The molecule has 1 aromatic carbocycles. The third-order valence-electron chi connectivity index (χ3n) is 3.02. The van der Waals surface area contributed by atoms with Gasteiger partial charge in [0, 0.05) is 16.7 Å². The lowest BCUT2D eigenvalue weighted by Gasteiger charge is -2.32. The van der Waals surface area contributed by atoms with E-state index in [1.54, 1.807) is 13.8 Å². The van der Waals surface area contributed by atoms with Crippen LogP contribution in [0.15, 0.2) is 28.7 Å². The van der Waals surface area contributed by atoms with E-state index in [4.69, 9.17) is 0 Å². The minimum absolute atomic E-state index is 0.0748. The Hall–Kier alpha value is -0.910.